The summed E-state index contributed by atoms with van der Waals surface area (Å²) in [6.45, 7) is 3.15. The number of carbonyl (C=O) groups is 1. The van der Waals surface area contributed by atoms with Gasteiger partial charge in [-0.05, 0) is 32.3 Å². The lowest BCUT2D eigenvalue weighted by molar-refractivity contribution is 0.0571. The molecule has 1 aliphatic rings. The van der Waals surface area contributed by atoms with Crippen LogP contribution in [0.4, 0.5) is 0 Å². The maximum Gasteiger partial charge on any atom is 0.290 e. The predicted molar refractivity (Wildman–Crippen MR) is 79.6 cm³/mol. The van der Waals surface area contributed by atoms with Gasteiger partial charge in [0.2, 0.25) is 0 Å². The second-order valence-electron chi connectivity index (χ2n) is 4.93. The number of rotatable bonds is 4. The highest BCUT2D eigenvalue weighted by Gasteiger charge is 2.31. The molecule has 6 heteroatoms. The number of likely N-dealkylation sites (tertiary alicyclic amines) is 1. The number of hydrogen-bond acceptors (Lipinski definition) is 5. The molecule has 5 nitrogen and oxygen atoms in total. The van der Waals surface area contributed by atoms with Crippen molar-refractivity contribution in [1.29, 1.82) is 0 Å². The van der Waals surface area contributed by atoms with Gasteiger partial charge in [0.25, 0.3) is 11.9 Å². The zero-order valence-electron chi connectivity index (χ0n) is 11.9. The summed E-state index contributed by atoms with van der Waals surface area (Å²) >= 11 is 1.60. The first-order valence-electron chi connectivity index (χ1n) is 7.22. The van der Waals surface area contributed by atoms with E-state index >= 15 is 0 Å². The molecule has 1 atom stereocenters. The van der Waals surface area contributed by atoms with Gasteiger partial charge in [0.1, 0.15) is 5.01 Å². The summed E-state index contributed by atoms with van der Waals surface area (Å²) in [5.74, 6) is 0.645. The fourth-order valence-electron chi connectivity index (χ4n) is 2.63. The molecule has 2 aromatic heterocycles. The van der Waals surface area contributed by atoms with Crippen molar-refractivity contribution in [2.45, 2.75) is 32.2 Å². The van der Waals surface area contributed by atoms with Gasteiger partial charge in [-0.15, -0.1) is 11.3 Å². The van der Waals surface area contributed by atoms with Gasteiger partial charge in [-0.3, -0.25) is 4.79 Å². The SMILES string of the molecule is CCOc1ccc(C(=O)N2CCCCC2c2nccs2)o1. The maximum atomic E-state index is 12.7. The Morgan fingerprint density at radius 1 is 1.52 bits per heavy atom. The average molecular weight is 306 g/mol. The molecule has 0 aromatic carbocycles. The highest BCUT2D eigenvalue weighted by molar-refractivity contribution is 7.09. The summed E-state index contributed by atoms with van der Waals surface area (Å²) in [6, 6.07) is 3.44. The van der Waals surface area contributed by atoms with Crippen LogP contribution in [0, 0.1) is 0 Å². The van der Waals surface area contributed by atoms with Crippen LogP contribution in [0.5, 0.6) is 5.95 Å². The number of furan rings is 1. The second kappa shape index (κ2) is 6.30. The first-order valence-corrected chi connectivity index (χ1v) is 8.10. The van der Waals surface area contributed by atoms with Crippen LogP contribution in [0.15, 0.2) is 28.1 Å². The number of amides is 1. The molecule has 21 heavy (non-hydrogen) atoms. The van der Waals surface area contributed by atoms with Crippen LogP contribution >= 0.6 is 11.3 Å². The zero-order valence-corrected chi connectivity index (χ0v) is 12.8. The van der Waals surface area contributed by atoms with Crippen LogP contribution in [0.1, 0.15) is 47.8 Å². The molecule has 3 heterocycles. The minimum Gasteiger partial charge on any atom is -0.465 e. The van der Waals surface area contributed by atoms with Crippen molar-refractivity contribution < 1.29 is 13.9 Å². The molecule has 0 saturated carbocycles. The molecule has 2 aromatic rings. The highest BCUT2D eigenvalue weighted by atomic mass is 32.1. The Morgan fingerprint density at radius 2 is 2.43 bits per heavy atom. The molecule has 112 valence electrons. The van der Waals surface area contributed by atoms with E-state index in [1.54, 1.807) is 29.7 Å². The lowest BCUT2D eigenvalue weighted by Crippen LogP contribution is -2.38. The number of piperidine rings is 1. The van der Waals surface area contributed by atoms with E-state index in [1.807, 2.05) is 17.2 Å². The monoisotopic (exact) mass is 306 g/mol. The van der Waals surface area contributed by atoms with Crippen LogP contribution in [-0.4, -0.2) is 28.9 Å². The van der Waals surface area contributed by atoms with Gasteiger partial charge in [0.15, 0.2) is 5.76 Å². The van der Waals surface area contributed by atoms with E-state index in [1.165, 1.54) is 0 Å². The van der Waals surface area contributed by atoms with E-state index in [0.29, 0.717) is 18.3 Å². The van der Waals surface area contributed by atoms with Crippen LogP contribution < -0.4 is 4.74 Å². The van der Waals surface area contributed by atoms with Crippen molar-refractivity contribution in [2.75, 3.05) is 13.2 Å². The molecule has 0 radical (unpaired) electrons. The van der Waals surface area contributed by atoms with Crippen molar-refractivity contribution in [2.24, 2.45) is 0 Å². The Balaban J connectivity index is 1.80. The minimum atomic E-state index is -0.0825. The van der Waals surface area contributed by atoms with Crippen LogP contribution in [0.25, 0.3) is 0 Å². The van der Waals surface area contributed by atoms with E-state index < -0.39 is 0 Å². The van der Waals surface area contributed by atoms with Crippen LogP contribution in [-0.2, 0) is 0 Å². The van der Waals surface area contributed by atoms with Crippen molar-refractivity contribution >= 4 is 17.2 Å². The first-order chi connectivity index (χ1) is 10.3. The zero-order chi connectivity index (χ0) is 14.7. The van der Waals surface area contributed by atoms with E-state index in [9.17, 15) is 4.79 Å². The third kappa shape index (κ3) is 2.95. The molecule has 0 N–H and O–H groups in total. The number of aromatic nitrogens is 1. The summed E-state index contributed by atoms with van der Waals surface area (Å²) in [6.07, 6.45) is 4.89. The number of thiazole rings is 1. The number of hydrogen-bond donors (Lipinski definition) is 0. The molecule has 1 saturated heterocycles. The smallest absolute Gasteiger partial charge is 0.290 e. The Hall–Kier alpha value is -1.82. The minimum absolute atomic E-state index is 0.0619. The van der Waals surface area contributed by atoms with Gasteiger partial charge >= 0.3 is 0 Å². The average Bonchev–Trinajstić information content (AvgIpc) is 3.18. The number of carbonyl (C=O) groups excluding carboxylic acids is 1. The molecule has 0 bridgehead atoms. The van der Waals surface area contributed by atoms with Gasteiger partial charge in [-0.2, -0.15) is 0 Å². The fraction of sp³-hybridized carbons (Fsp3) is 0.467. The predicted octanol–water partition coefficient (Wildman–Crippen LogP) is 3.50. The fourth-order valence-corrected chi connectivity index (χ4v) is 3.41. The van der Waals surface area contributed by atoms with Gasteiger partial charge in [0.05, 0.1) is 12.6 Å². The number of ether oxygens (including phenoxy) is 1. The van der Waals surface area contributed by atoms with E-state index in [0.717, 1.165) is 30.8 Å². The van der Waals surface area contributed by atoms with E-state index in [-0.39, 0.29) is 11.9 Å². The molecule has 3 rings (SSSR count). The quantitative estimate of drug-likeness (QED) is 0.867. The highest BCUT2D eigenvalue weighted by Crippen LogP contribution is 2.33. The Morgan fingerprint density at radius 3 is 3.19 bits per heavy atom. The van der Waals surface area contributed by atoms with Crippen molar-refractivity contribution in [3.05, 3.63) is 34.5 Å². The topological polar surface area (TPSA) is 55.6 Å². The second-order valence-corrected chi connectivity index (χ2v) is 5.86. The molecule has 1 unspecified atom stereocenters. The number of nitrogens with zero attached hydrogens (tertiary/aromatic N) is 2. The lowest BCUT2D eigenvalue weighted by atomic mass is 10.0. The van der Waals surface area contributed by atoms with Gasteiger partial charge < -0.3 is 14.1 Å². The summed E-state index contributed by atoms with van der Waals surface area (Å²) in [5, 5.41) is 2.95. The standard InChI is InChI=1S/C15H18N2O3S/c1-2-19-13-7-6-12(20-13)15(18)17-9-4-3-5-11(17)14-16-8-10-21-14/h6-8,10-11H,2-5,9H2,1H3. The third-order valence-electron chi connectivity index (χ3n) is 3.58. The summed E-state index contributed by atoms with van der Waals surface area (Å²) in [7, 11) is 0. The maximum absolute atomic E-state index is 12.7. The molecule has 0 aliphatic carbocycles. The molecular formula is C15H18N2O3S. The van der Waals surface area contributed by atoms with Crippen LogP contribution in [0.3, 0.4) is 0 Å². The molecule has 0 spiro atoms. The third-order valence-corrected chi connectivity index (χ3v) is 4.46. The van der Waals surface area contributed by atoms with Crippen molar-refractivity contribution in [3.63, 3.8) is 0 Å². The summed E-state index contributed by atoms with van der Waals surface area (Å²) in [4.78, 5) is 18.9. The van der Waals surface area contributed by atoms with Crippen molar-refractivity contribution in [3.8, 4) is 5.95 Å². The van der Waals surface area contributed by atoms with E-state index in [2.05, 4.69) is 4.98 Å². The van der Waals surface area contributed by atoms with Gasteiger partial charge in [0, 0.05) is 24.2 Å². The van der Waals surface area contributed by atoms with Gasteiger partial charge in [-0.1, -0.05) is 0 Å². The van der Waals surface area contributed by atoms with Gasteiger partial charge in [-0.25, -0.2) is 4.98 Å². The normalized spacial score (nSPS) is 18.7. The van der Waals surface area contributed by atoms with Crippen LogP contribution in [0.2, 0.25) is 0 Å². The Kier molecular flexibility index (Phi) is 4.24. The van der Waals surface area contributed by atoms with E-state index in [4.69, 9.17) is 9.15 Å². The van der Waals surface area contributed by atoms with Crippen molar-refractivity contribution in [1.82, 2.24) is 9.88 Å². The Bertz CT molecular complexity index is 594. The molecule has 1 amide bonds. The summed E-state index contributed by atoms with van der Waals surface area (Å²) in [5.41, 5.74) is 0. The summed E-state index contributed by atoms with van der Waals surface area (Å²) < 4.78 is 10.7. The molecule has 1 fully saturated rings. The lowest BCUT2D eigenvalue weighted by Gasteiger charge is -2.33. The molecular weight excluding hydrogens is 288 g/mol. The largest absolute Gasteiger partial charge is 0.465 e. The first kappa shape index (κ1) is 14.1. The Labute approximate surface area is 127 Å². The molecule has 1 aliphatic heterocycles.